The third-order valence-corrected chi connectivity index (χ3v) is 5.02. The summed E-state index contributed by atoms with van der Waals surface area (Å²) in [6.07, 6.45) is -3.39. The number of hydrogen-bond acceptors (Lipinski definition) is 4. The second-order valence-corrected chi connectivity index (χ2v) is 7.08. The molecule has 1 fully saturated rings. The number of benzene rings is 1. The van der Waals surface area contributed by atoms with E-state index < -0.39 is 6.36 Å². The number of anilines is 1. The van der Waals surface area contributed by atoms with Crippen molar-refractivity contribution in [1.82, 2.24) is 4.90 Å². The molecule has 0 aliphatic carbocycles. The quantitative estimate of drug-likeness (QED) is 0.842. The molecule has 1 aliphatic rings. The lowest BCUT2D eigenvalue weighted by Gasteiger charge is -2.31. The van der Waals surface area contributed by atoms with Crippen molar-refractivity contribution in [2.75, 3.05) is 18.4 Å². The van der Waals surface area contributed by atoms with Crippen molar-refractivity contribution < 1.29 is 27.5 Å². The Kier molecular flexibility index (Phi) is 5.69. The highest BCUT2D eigenvalue weighted by molar-refractivity contribution is 7.12. The molecule has 9 heteroatoms. The second kappa shape index (κ2) is 7.99. The van der Waals surface area contributed by atoms with Crippen LogP contribution in [0.3, 0.4) is 0 Å². The van der Waals surface area contributed by atoms with Crippen LogP contribution in [-0.2, 0) is 4.79 Å². The minimum absolute atomic E-state index is 0.0869. The Morgan fingerprint density at radius 1 is 1.19 bits per heavy atom. The number of nitrogens with zero attached hydrogens (tertiary/aromatic N) is 1. The molecular weight excluding hydrogens is 381 g/mol. The number of carbonyl (C=O) groups excluding carboxylic acids is 2. The molecule has 3 rings (SSSR count). The summed E-state index contributed by atoms with van der Waals surface area (Å²) in [4.78, 5) is 27.2. The number of hydrogen-bond donors (Lipinski definition) is 1. The predicted octanol–water partition coefficient (Wildman–Crippen LogP) is 4.14. The van der Waals surface area contributed by atoms with Gasteiger partial charge >= 0.3 is 6.36 Å². The van der Waals surface area contributed by atoms with E-state index in [1.807, 2.05) is 5.38 Å². The molecule has 1 aliphatic heterocycles. The van der Waals surface area contributed by atoms with E-state index in [0.29, 0.717) is 36.5 Å². The van der Waals surface area contributed by atoms with Crippen LogP contribution in [0.4, 0.5) is 18.9 Å². The molecule has 0 radical (unpaired) electrons. The van der Waals surface area contributed by atoms with Gasteiger partial charge in [0.15, 0.2) is 0 Å². The normalized spacial score (nSPS) is 17.4. The van der Waals surface area contributed by atoms with E-state index >= 15 is 0 Å². The van der Waals surface area contributed by atoms with E-state index in [2.05, 4.69) is 10.1 Å². The van der Waals surface area contributed by atoms with E-state index in [4.69, 9.17) is 0 Å². The largest absolute Gasteiger partial charge is 0.573 e. The zero-order valence-corrected chi connectivity index (χ0v) is 15.0. The summed E-state index contributed by atoms with van der Waals surface area (Å²) >= 11 is 1.36. The summed E-state index contributed by atoms with van der Waals surface area (Å²) in [6.45, 7) is 0.918. The van der Waals surface area contributed by atoms with Gasteiger partial charge in [-0.25, -0.2) is 0 Å². The minimum atomic E-state index is -4.76. The van der Waals surface area contributed by atoms with Crippen LogP contribution in [0.2, 0.25) is 0 Å². The van der Waals surface area contributed by atoms with Crippen molar-refractivity contribution in [2.24, 2.45) is 5.92 Å². The van der Waals surface area contributed by atoms with Crippen LogP contribution in [0.5, 0.6) is 5.75 Å². The molecule has 2 heterocycles. The van der Waals surface area contributed by atoms with Gasteiger partial charge in [0.1, 0.15) is 5.75 Å². The maximum atomic E-state index is 12.5. The highest BCUT2D eigenvalue weighted by Crippen LogP contribution is 2.25. The van der Waals surface area contributed by atoms with Gasteiger partial charge in [-0.2, -0.15) is 0 Å². The van der Waals surface area contributed by atoms with Crippen LogP contribution in [0.15, 0.2) is 41.8 Å². The Hall–Kier alpha value is -2.55. The number of amides is 2. The maximum absolute atomic E-state index is 12.5. The highest BCUT2D eigenvalue weighted by atomic mass is 32.1. The molecule has 5 nitrogen and oxygen atoms in total. The van der Waals surface area contributed by atoms with E-state index in [9.17, 15) is 22.8 Å². The molecule has 0 spiro atoms. The zero-order valence-electron chi connectivity index (χ0n) is 14.2. The van der Waals surface area contributed by atoms with Gasteiger partial charge < -0.3 is 15.0 Å². The average molecular weight is 398 g/mol. The Morgan fingerprint density at radius 2 is 1.93 bits per heavy atom. The van der Waals surface area contributed by atoms with Gasteiger partial charge in [-0.3, -0.25) is 9.59 Å². The van der Waals surface area contributed by atoms with E-state index in [1.165, 1.54) is 23.5 Å². The van der Waals surface area contributed by atoms with Crippen LogP contribution in [0, 0.1) is 5.92 Å². The molecule has 27 heavy (non-hydrogen) atoms. The first-order valence-corrected chi connectivity index (χ1v) is 9.19. The van der Waals surface area contributed by atoms with Gasteiger partial charge in [-0.1, -0.05) is 6.07 Å². The van der Waals surface area contributed by atoms with Crippen LogP contribution in [-0.4, -0.2) is 36.2 Å². The Balaban J connectivity index is 1.58. The predicted molar refractivity (Wildman–Crippen MR) is 94.7 cm³/mol. The van der Waals surface area contributed by atoms with Crippen molar-refractivity contribution in [3.05, 3.63) is 46.7 Å². The smallest absolute Gasteiger partial charge is 0.406 e. The van der Waals surface area contributed by atoms with Crippen LogP contribution in [0.1, 0.15) is 22.5 Å². The third kappa shape index (κ3) is 5.22. The Labute approximate surface area is 157 Å². The fraction of sp³-hybridized carbons (Fsp3) is 0.333. The fourth-order valence-electron chi connectivity index (χ4n) is 2.92. The van der Waals surface area contributed by atoms with Gasteiger partial charge in [0.25, 0.3) is 5.91 Å². The molecule has 0 bridgehead atoms. The molecule has 2 aromatic rings. The molecule has 1 N–H and O–H groups in total. The average Bonchev–Trinajstić information content (AvgIpc) is 3.16. The number of carbonyl (C=O) groups is 2. The molecule has 0 saturated carbocycles. The number of piperidine rings is 1. The number of rotatable bonds is 4. The second-order valence-electron chi connectivity index (χ2n) is 6.13. The first-order valence-electron chi connectivity index (χ1n) is 8.31. The Bertz CT molecular complexity index is 791. The van der Waals surface area contributed by atoms with Crippen molar-refractivity contribution in [1.29, 1.82) is 0 Å². The number of likely N-dealkylation sites (tertiary alicyclic amines) is 1. The van der Waals surface area contributed by atoms with Crippen molar-refractivity contribution >= 4 is 28.8 Å². The fourth-order valence-corrected chi connectivity index (χ4v) is 3.61. The van der Waals surface area contributed by atoms with Crippen LogP contribution >= 0.6 is 11.3 Å². The van der Waals surface area contributed by atoms with E-state index in [-0.39, 0.29) is 23.5 Å². The van der Waals surface area contributed by atoms with E-state index in [1.54, 1.807) is 17.0 Å². The molecule has 1 unspecified atom stereocenters. The molecule has 1 saturated heterocycles. The van der Waals surface area contributed by atoms with Gasteiger partial charge in [0, 0.05) is 18.8 Å². The standard InChI is InChI=1S/C18H17F3N2O3S/c19-18(20,21)26-14-7-5-13(6-8-14)22-16(24)12-3-1-9-23(11-12)17(25)15-4-2-10-27-15/h2,4-8,10,12H,1,3,9,11H2,(H,22,24). The number of nitrogens with one attached hydrogen (secondary N) is 1. The van der Waals surface area contributed by atoms with Gasteiger partial charge in [0.05, 0.1) is 10.8 Å². The first-order chi connectivity index (χ1) is 12.8. The minimum Gasteiger partial charge on any atom is -0.406 e. The number of thiophene rings is 1. The molecule has 1 aromatic heterocycles. The lowest BCUT2D eigenvalue weighted by Crippen LogP contribution is -2.43. The molecular formula is C18H17F3N2O3S. The van der Waals surface area contributed by atoms with Crippen molar-refractivity contribution in [3.63, 3.8) is 0 Å². The first kappa shape index (κ1) is 19.2. The monoisotopic (exact) mass is 398 g/mol. The lowest BCUT2D eigenvalue weighted by molar-refractivity contribution is -0.274. The van der Waals surface area contributed by atoms with Gasteiger partial charge in [-0.15, -0.1) is 24.5 Å². The van der Waals surface area contributed by atoms with Gasteiger partial charge in [-0.05, 0) is 48.6 Å². The third-order valence-electron chi connectivity index (χ3n) is 4.17. The Morgan fingerprint density at radius 3 is 2.56 bits per heavy atom. The summed E-state index contributed by atoms with van der Waals surface area (Å²) in [7, 11) is 0. The summed E-state index contributed by atoms with van der Waals surface area (Å²) in [6, 6.07) is 8.51. The summed E-state index contributed by atoms with van der Waals surface area (Å²) < 4.78 is 40.3. The van der Waals surface area contributed by atoms with Gasteiger partial charge in [0.2, 0.25) is 5.91 Å². The summed E-state index contributed by atoms with van der Waals surface area (Å²) in [5.74, 6) is -1.07. The lowest BCUT2D eigenvalue weighted by atomic mass is 9.97. The SMILES string of the molecule is O=C(Nc1ccc(OC(F)(F)F)cc1)C1CCCN(C(=O)c2cccs2)C1. The summed E-state index contributed by atoms with van der Waals surface area (Å²) in [5.41, 5.74) is 0.372. The number of halogens is 3. The molecule has 144 valence electrons. The zero-order chi connectivity index (χ0) is 19.4. The number of ether oxygens (including phenoxy) is 1. The maximum Gasteiger partial charge on any atom is 0.573 e. The summed E-state index contributed by atoms with van der Waals surface area (Å²) in [5, 5.41) is 4.51. The number of alkyl halides is 3. The topological polar surface area (TPSA) is 58.6 Å². The molecule has 2 amide bonds. The highest BCUT2D eigenvalue weighted by Gasteiger charge is 2.31. The van der Waals surface area contributed by atoms with Crippen molar-refractivity contribution in [3.8, 4) is 5.75 Å². The molecule has 1 atom stereocenters. The molecule has 1 aromatic carbocycles. The van der Waals surface area contributed by atoms with Crippen molar-refractivity contribution in [2.45, 2.75) is 19.2 Å². The van der Waals surface area contributed by atoms with Crippen LogP contribution < -0.4 is 10.1 Å². The van der Waals surface area contributed by atoms with E-state index in [0.717, 1.165) is 12.1 Å². The van der Waals surface area contributed by atoms with Crippen LogP contribution in [0.25, 0.3) is 0 Å².